The second-order valence-electron chi connectivity index (χ2n) is 18.4. The van der Waals surface area contributed by atoms with Crippen LogP contribution in [0.15, 0.2) is 0 Å². The topological polar surface area (TPSA) is 124 Å². The number of aliphatic hydroxyl groups is 3. The van der Waals surface area contributed by atoms with Gasteiger partial charge in [-0.3, -0.25) is 0 Å². The summed E-state index contributed by atoms with van der Waals surface area (Å²) in [5.41, 5.74) is -4.03. The van der Waals surface area contributed by atoms with E-state index in [0.29, 0.717) is 32.5 Å². The van der Waals surface area contributed by atoms with Crippen LogP contribution in [-0.2, 0) is 28.5 Å². The summed E-state index contributed by atoms with van der Waals surface area (Å²) in [4.78, 5) is 13.3. The molecule has 1 heterocycles. The van der Waals surface area contributed by atoms with Gasteiger partial charge in [0.05, 0.1) is 63.1 Å². The van der Waals surface area contributed by atoms with E-state index in [0.717, 1.165) is 32.1 Å². The van der Waals surface area contributed by atoms with Crippen LogP contribution in [0.3, 0.4) is 0 Å². The van der Waals surface area contributed by atoms with Crippen molar-refractivity contribution in [3.05, 3.63) is 0 Å². The maximum Gasteiger partial charge on any atom is 0.332 e. The van der Waals surface area contributed by atoms with Gasteiger partial charge in [0.2, 0.25) is 0 Å². The number of ether oxygens (including phenoxy) is 5. The summed E-state index contributed by atoms with van der Waals surface area (Å²) in [6.07, 6.45) is 3.85. The van der Waals surface area contributed by atoms with E-state index in [9.17, 15) is 15.0 Å². The van der Waals surface area contributed by atoms with Crippen molar-refractivity contribution in [3.63, 3.8) is 0 Å². The molecule has 9 nitrogen and oxygen atoms in total. The minimum Gasteiger partial charge on any atom is -0.460 e. The lowest BCUT2D eigenvalue weighted by Gasteiger charge is -2.65. The van der Waals surface area contributed by atoms with Crippen molar-refractivity contribution in [3.8, 4) is 0 Å². The summed E-state index contributed by atoms with van der Waals surface area (Å²) in [6.45, 7) is 14.6. The van der Waals surface area contributed by atoms with Gasteiger partial charge in [0.15, 0.2) is 0 Å². The molecule has 2 spiro atoms. The van der Waals surface area contributed by atoms with Gasteiger partial charge < -0.3 is 39.0 Å². The Hall–Kier alpha value is -0.950. The van der Waals surface area contributed by atoms with Crippen molar-refractivity contribution in [2.45, 2.75) is 142 Å². The molecule has 1 aliphatic heterocycles. The Morgan fingerprint density at radius 1 is 0.857 bits per heavy atom. The van der Waals surface area contributed by atoms with Crippen LogP contribution in [0.25, 0.3) is 0 Å². The van der Waals surface area contributed by atoms with Gasteiger partial charge in [0, 0.05) is 23.7 Å². The molecule has 5 aliphatic carbocycles. The number of esters is 1. The number of aliphatic hydroxyl groups excluding tert-OH is 2. The molecule has 3 N–H and O–H groups in total. The molecule has 49 heavy (non-hydrogen) atoms. The molecular formula is C38H62F2O9. The van der Waals surface area contributed by atoms with Gasteiger partial charge in [0.1, 0.15) is 12.7 Å². The minimum absolute atomic E-state index is 0.0510. The minimum atomic E-state index is -2.88. The normalized spacial score (nSPS) is 46.4. The first-order valence-corrected chi connectivity index (χ1v) is 18.7. The zero-order chi connectivity index (χ0) is 35.9. The van der Waals surface area contributed by atoms with Gasteiger partial charge in [-0.2, -0.15) is 0 Å². The average Bonchev–Trinajstić information content (AvgIpc) is 3.37. The van der Waals surface area contributed by atoms with Gasteiger partial charge in [-0.05, 0) is 99.7 Å². The molecule has 1 saturated heterocycles. The lowest BCUT2D eigenvalue weighted by atomic mass is 9.41. The number of alkyl halides is 2. The van der Waals surface area contributed by atoms with Crippen LogP contribution in [0.4, 0.5) is 8.78 Å². The third-order valence-corrected chi connectivity index (χ3v) is 15.3. The molecule has 0 unspecified atom stereocenters. The van der Waals surface area contributed by atoms with E-state index in [4.69, 9.17) is 28.8 Å². The van der Waals surface area contributed by atoms with Crippen molar-refractivity contribution < 1.29 is 52.6 Å². The number of rotatable bonds is 13. The first-order chi connectivity index (χ1) is 22.7. The monoisotopic (exact) mass is 700 g/mol. The number of hydrogen-bond donors (Lipinski definition) is 3. The highest BCUT2D eigenvalue weighted by Gasteiger charge is 2.86. The lowest BCUT2D eigenvalue weighted by Crippen LogP contribution is -2.64. The highest BCUT2D eigenvalue weighted by molar-refractivity contribution is 5.71. The molecule has 282 valence electrons. The Bertz CT molecular complexity index is 1240. The van der Waals surface area contributed by atoms with Gasteiger partial charge in [-0.1, -0.05) is 27.7 Å². The van der Waals surface area contributed by atoms with Gasteiger partial charge in [-0.25, -0.2) is 13.6 Å². The first kappa shape index (κ1) is 37.8. The molecule has 6 fully saturated rings. The highest BCUT2D eigenvalue weighted by atomic mass is 19.3. The zero-order valence-corrected chi connectivity index (χ0v) is 30.8. The number of hydrogen-bond acceptors (Lipinski definition) is 9. The molecule has 0 radical (unpaired) electrons. The number of fused-ring (bicyclic) bond motifs is 2. The quantitative estimate of drug-likeness (QED) is 0.173. The fourth-order valence-electron chi connectivity index (χ4n) is 13.0. The molecule has 0 aromatic rings. The number of carbonyl (C=O) groups is 1. The summed E-state index contributed by atoms with van der Waals surface area (Å²) in [6, 6.07) is 0. The van der Waals surface area contributed by atoms with Gasteiger partial charge >= 0.3 is 5.97 Å². The molecule has 11 heteroatoms. The molecule has 0 aromatic heterocycles. The predicted octanol–water partition coefficient (Wildman–Crippen LogP) is 5.30. The van der Waals surface area contributed by atoms with E-state index in [1.165, 1.54) is 0 Å². The van der Waals surface area contributed by atoms with Crippen molar-refractivity contribution >= 4 is 5.97 Å². The average molecular weight is 701 g/mol. The second kappa shape index (κ2) is 12.6. The van der Waals surface area contributed by atoms with Crippen LogP contribution in [-0.4, -0.2) is 103 Å². The molecule has 6 aliphatic rings. The number of halogens is 2. The molecule has 0 amide bonds. The van der Waals surface area contributed by atoms with Gasteiger partial charge in [-0.15, -0.1) is 0 Å². The molecular weight excluding hydrogens is 638 g/mol. The Balaban J connectivity index is 1.23. The standard InChI is InChI=1S/C38H62F2O9/c1-31(2)30-25(48-28(43)22-47-19-18-46-17-16-45-15-14-41)20-26-34(6)21-24(42)29(35(7)9-8-27(49-35)32(3,4)44)33(34,5)10-11-36(26)23-37(30,36)12-13-38(31,39)40/h24-27,29-30,41-42,44H,8-23H2,1-7H3/t24-,25-,26-,27-,29-,30-,33+,34-,35-,36-,37+/m0/s1. The van der Waals surface area contributed by atoms with Crippen molar-refractivity contribution in [1.82, 2.24) is 0 Å². The summed E-state index contributed by atoms with van der Waals surface area (Å²) >= 11 is 0. The fourth-order valence-corrected chi connectivity index (χ4v) is 13.0. The summed E-state index contributed by atoms with van der Waals surface area (Å²) in [7, 11) is 0. The summed E-state index contributed by atoms with van der Waals surface area (Å²) in [5, 5.41) is 31.6. The molecule has 6 rings (SSSR count). The predicted molar refractivity (Wildman–Crippen MR) is 177 cm³/mol. The van der Waals surface area contributed by atoms with E-state index in [2.05, 4.69) is 20.8 Å². The lowest BCUT2D eigenvalue weighted by molar-refractivity contribution is -0.252. The Morgan fingerprint density at radius 2 is 1.49 bits per heavy atom. The second-order valence-corrected chi connectivity index (χ2v) is 18.4. The van der Waals surface area contributed by atoms with Gasteiger partial charge in [0.25, 0.3) is 5.92 Å². The first-order valence-electron chi connectivity index (χ1n) is 18.7. The van der Waals surface area contributed by atoms with E-state index in [-0.39, 0.29) is 79.1 Å². The van der Waals surface area contributed by atoms with Crippen LogP contribution in [0.2, 0.25) is 0 Å². The van der Waals surface area contributed by atoms with E-state index < -0.39 is 46.6 Å². The maximum atomic E-state index is 15.8. The maximum absolute atomic E-state index is 15.8. The van der Waals surface area contributed by atoms with Crippen LogP contribution in [0, 0.1) is 44.8 Å². The van der Waals surface area contributed by atoms with Crippen LogP contribution < -0.4 is 0 Å². The van der Waals surface area contributed by atoms with E-state index in [1.807, 2.05) is 0 Å². The summed E-state index contributed by atoms with van der Waals surface area (Å²) in [5.74, 6) is -3.97. The Labute approximate surface area is 291 Å². The van der Waals surface area contributed by atoms with Crippen LogP contribution >= 0.6 is 0 Å². The fraction of sp³-hybridized carbons (Fsp3) is 0.974. The van der Waals surface area contributed by atoms with Crippen LogP contribution in [0.1, 0.15) is 106 Å². The van der Waals surface area contributed by atoms with Crippen LogP contribution in [0.5, 0.6) is 0 Å². The number of carbonyl (C=O) groups excluding carboxylic acids is 1. The highest BCUT2D eigenvalue weighted by Crippen LogP contribution is 2.90. The molecule has 11 atom stereocenters. The SMILES string of the molecule is CC(C)(O)[C@@H]1CC[C@@](C)([C@H]2[C@@H](O)C[C@@]3(C)[C@@H]4C[C@H](OC(=O)COCCOCCOCCO)[C@H]5C(C)(C)C(F)(F)CC[C@@]56C[C@@]46CC[C@]23C)O1. The van der Waals surface area contributed by atoms with E-state index >= 15 is 8.78 Å². The smallest absolute Gasteiger partial charge is 0.332 e. The van der Waals surface area contributed by atoms with Crippen molar-refractivity contribution in [2.75, 3.05) is 46.2 Å². The van der Waals surface area contributed by atoms with Crippen molar-refractivity contribution in [1.29, 1.82) is 0 Å². The summed E-state index contributed by atoms with van der Waals surface area (Å²) < 4.78 is 60.8. The van der Waals surface area contributed by atoms with E-state index in [1.54, 1.807) is 27.7 Å². The molecule has 5 saturated carbocycles. The molecule has 0 aromatic carbocycles. The molecule has 0 bridgehead atoms. The Kier molecular flexibility index (Phi) is 9.71. The Morgan fingerprint density at radius 3 is 2.12 bits per heavy atom. The third-order valence-electron chi connectivity index (χ3n) is 15.3. The largest absolute Gasteiger partial charge is 0.460 e. The van der Waals surface area contributed by atoms with Crippen molar-refractivity contribution in [2.24, 2.45) is 44.8 Å². The zero-order valence-electron chi connectivity index (χ0n) is 30.8. The third kappa shape index (κ3) is 5.73.